The molecule has 2 aliphatic heterocycles. The van der Waals surface area contributed by atoms with Gasteiger partial charge in [-0.15, -0.1) is 6.58 Å². The molecule has 2 aromatic carbocycles. The van der Waals surface area contributed by atoms with Crippen molar-refractivity contribution in [2.24, 2.45) is 5.92 Å². The fourth-order valence-corrected chi connectivity index (χ4v) is 5.96. The number of piperidine rings is 1. The molecule has 9 nitrogen and oxygen atoms in total. The quantitative estimate of drug-likeness (QED) is 0.150. The number of hydrogen-bond donors (Lipinski definition) is 3. The summed E-state index contributed by atoms with van der Waals surface area (Å²) in [7, 11) is 2.10. The Labute approximate surface area is 261 Å². The van der Waals surface area contributed by atoms with Crippen molar-refractivity contribution >= 4 is 18.3 Å². The first-order chi connectivity index (χ1) is 21.4. The number of nitrogens with zero attached hydrogens (tertiary/aromatic N) is 3. The van der Waals surface area contributed by atoms with Gasteiger partial charge in [-0.05, 0) is 106 Å². The molecule has 1 saturated carbocycles. The maximum absolute atomic E-state index is 13.2. The summed E-state index contributed by atoms with van der Waals surface area (Å²) in [5, 5.41) is 15.8. The average molecular weight is 614 g/mol. The van der Waals surface area contributed by atoms with E-state index >= 15 is 0 Å². The summed E-state index contributed by atoms with van der Waals surface area (Å²) >= 11 is 0. The summed E-state index contributed by atoms with van der Waals surface area (Å²) in [6, 6.07) is 14.6. The maximum Gasteiger partial charge on any atom is 0.410 e. The molecule has 1 amide bonds. The number of carbonyl (C=O) groups excluding carboxylic acids is 1. The predicted molar refractivity (Wildman–Crippen MR) is 168 cm³/mol. The van der Waals surface area contributed by atoms with E-state index in [1.807, 2.05) is 18.2 Å². The van der Waals surface area contributed by atoms with Gasteiger partial charge in [-0.3, -0.25) is 4.79 Å². The lowest BCUT2D eigenvalue weighted by Crippen LogP contribution is -2.73. The van der Waals surface area contributed by atoms with Gasteiger partial charge in [0.05, 0.1) is 0 Å². The third kappa shape index (κ3) is 11.6. The van der Waals surface area contributed by atoms with Gasteiger partial charge in [0.1, 0.15) is 12.4 Å². The van der Waals surface area contributed by atoms with E-state index in [-0.39, 0.29) is 31.0 Å². The van der Waals surface area contributed by atoms with Crippen LogP contribution < -0.4 is 5.48 Å². The van der Waals surface area contributed by atoms with Gasteiger partial charge < -0.3 is 24.5 Å². The summed E-state index contributed by atoms with van der Waals surface area (Å²) in [5.41, 5.74) is 3.84. The molecular formula is C34H50FN4O5+. The molecule has 10 heteroatoms. The van der Waals surface area contributed by atoms with Crippen molar-refractivity contribution in [1.29, 1.82) is 0 Å². The number of halogens is 1. The second kappa shape index (κ2) is 19.2. The van der Waals surface area contributed by atoms with Gasteiger partial charge in [0, 0.05) is 31.3 Å². The summed E-state index contributed by atoms with van der Waals surface area (Å²) in [6.45, 7) is 9.76. The Morgan fingerprint density at radius 3 is 2.41 bits per heavy atom. The third-order valence-electron chi connectivity index (χ3n) is 8.85. The number of amides is 1. The molecule has 5 rings (SSSR count). The zero-order valence-corrected chi connectivity index (χ0v) is 26.0. The minimum Gasteiger partial charge on any atom is -0.483 e. The van der Waals surface area contributed by atoms with E-state index < -0.39 is 0 Å². The SMILES string of the molecule is C=CCN(C(=O)OCc1ccc([NH2+]O)cc1)C1CCN(C)CC1.Fc1cccc(C2CCN(CCC3CCC3)C2)c1.O=CO. The number of benzene rings is 2. The Hall–Kier alpha value is -3.31. The van der Waals surface area contributed by atoms with Crippen LogP contribution in [0.1, 0.15) is 62.0 Å². The fourth-order valence-electron chi connectivity index (χ4n) is 5.96. The highest BCUT2D eigenvalue weighted by Crippen LogP contribution is 2.32. The molecule has 2 heterocycles. The second-order valence-corrected chi connectivity index (χ2v) is 11.9. The predicted octanol–water partition coefficient (Wildman–Crippen LogP) is 5.00. The van der Waals surface area contributed by atoms with Gasteiger partial charge in [0.15, 0.2) is 5.69 Å². The maximum atomic E-state index is 13.2. The molecule has 2 saturated heterocycles. The van der Waals surface area contributed by atoms with Gasteiger partial charge in [0.2, 0.25) is 0 Å². The fraction of sp³-hybridized carbons (Fsp3) is 0.529. The van der Waals surface area contributed by atoms with Crippen LogP contribution >= 0.6 is 0 Å². The normalized spacial score (nSPS) is 19.0. The number of rotatable bonds is 10. The number of ether oxygens (including phenoxy) is 1. The number of likely N-dealkylation sites (tertiary alicyclic amines) is 2. The highest BCUT2D eigenvalue weighted by molar-refractivity contribution is 5.68. The van der Waals surface area contributed by atoms with Crippen molar-refractivity contribution < 1.29 is 34.5 Å². The van der Waals surface area contributed by atoms with Gasteiger partial charge in [-0.1, -0.05) is 37.5 Å². The van der Waals surface area contributed by atoms with Crippen LogP contribution in [-0.2, 0) is 16.1 Å². The first-order valence-electron chi connectivity index (χ1n) is 15.7. The highest BCUT2D eigenvalue weighted by atomic mass is 19.1. The van der Waals surface area contributed by atoms with E-state index in [2.05, 4.69) is 29.5 Å². The van der Waals surface area contributed by atoms with Crippen LogP contribution in [0.4, 0.5) is 14.9 Å². The molecular weight excluding hydrogens is 563 g/mol. The van der Waals surface area contributed by atoms with Gasteiger partial charge in [-0.25, -0.2) is 14.4 Å². The molecule has 1 aliphatic carbocycles. The van der Waals surface area contributed by atoms with Crippen LogP contribution in [0.5, 0.6) is 0 Å². The molecule has 0 spiro atoms. The Kier molecular flexibility index (Phi) is 15.3. The average Bonchev–Trinajstić information content (AvgIpc) is 3.49. The van der Waals surface area contributed by atoms with Gasteiger partial charge >= 0.3 is 6.09 Å². The monoisotopic (exact) mass is 613 g/mol. The zero-order valence-electron chi connectivity index (χ0n) is 26.0. The third-order valence-corrected chi connectivity index (χ3v) is 8.85. The van der Waals surface area contributed by atoms with Crippen molar-refractivity contribution in [1.82, 2.24) is 14.7 Å². The van der Waals surface area contributed by atoms with E-state index in [9.17, 15) is 9.18 Å². The zero-order chi connectivity index (χ0) is 31.7. The molecule has 4 N–H and O–H groups in total. The lowest BCUT2D eigenvalue weighted by atomic mass is 9.83. The Morgan fingerprint density at radius 2 is 1.82 bits per heavy atom. The van der Waals surface area contributed by atoms with Crippen molar-refractivity contribution in [3.63, 3.8) is 0 Å². The van der Waals surface area contributed by atoms with E-state index in [4.69, 9.17) is 19.8 Å². The number of carbonyl (C=O) groups is 2. The van der Waals surface area contributed by atoms with E-state index in [1.54, 1.807) is 29.2 Å². The summed E-state index contributed by atoms with van der Waals surface area (Å²) < 4.78 is 18.7. The summed E-state index contributed by atoms with van der Waals surface area (Å²) in [6.07, 6.45) is 10.3. The number of quaternary nitrogens is 1. The Morgan fingerprint density at radius 1 is 1.11 bits per heavy atom. The standard InChI is InChI=1S/C17H25N3O3.C16H22FN.CH2O2/c1-3-10-20(16-8-11-19(2)12-9-16)17(21)23-13-14-4-6-15(18-22)7-5-14;17-16-6-2-5-14(11-16)15-8-10-18(12-15)9-7-13-3-1-4-13;2-1-3/h3-7,16,18,22H,1,8-13H2,2H3;2,5-6,11,13,15H,1,3-4,7-10,12H2;1H,(H,2,3)/p+1. The van der Waals surface area contributed by atoms with Crippen molar-refractivity contribution in [2.45, 2.75) is 63.5 Å². The molecule has 0 bridgehead atoms. The van der Waals surface area contributed by atoms with Crippen LogP contribution in [0.25, 0.3) is 0 Å². The topological polar surface area (TPSA) is 110 Å². The van der Waals surface area contributed by atoms with Gasteiger partial charge in [-0.2, -0.15) is 5.48 Å². The Bertz CT molecular complexity index is 1140. The van der Waals surface area contributed by atoms with E-state index in [0.29, 0.717) is 12.5 Å². The summed E-state index contributed by atoms with van der Waals surface area (Å²) in [5.74, 6) is 1.45. The number of nitrogens with two attached hydrogens (primary N) is 1. The minimum atomic E-state index is -0.294. The first kappa shape index (κ1) is 35.2. The number of carboxylic acid groups (broad SMARTS) is 1. The van der Waals surface area contributed by atoms with Gasteiger partial charge in [0.25, 0.3) is 6.47 Å². The molecule has 1 atom stereocenters. The molecule has 44 heavy (non-hydrogen) atoms. The molecule has 3 aliphatic rings. The van der Waals surface area contributed by atoms with E-state index in [0.717, 1.165) is 55.1 Å². The van der Waals surface area contributed by atoms with Crippen LogP contribution in [-0.4, -0.2) is 89.9 Å². The minimum absolute atomic E-state index is 0.0968. The molecule has 3 fully saturated rings. The van der Waals surface area contributed by atoms with Crippen molar-refractivity contribution in [3.8, 4) is 0 Å². The highest BCUT2D eigenvalue weighted by Gasteiger charge is 2.27. The number of hydrogen-bond acceptors (Lipinski definition) is 6. The first-order valence-corrected chi connectivity index (χ1v) is 15.7. The second-order valence-electron chi connectivity index (χ2n) is 11.9. The lowest BCUT2D eigenvalue weighted by Gasteiger charge is -2.36. The molecule has 242 valence electrons. The van der Waals surface area contributed by atoms with Crippen molar-refractivity contribution in [2.75, 3.05) is 46.3 Å². The molecule has 0 radical (unpaired) electrons. The summed E-state index contributed by atoms with van der Waals surface area (Å²) in [4.78, 5) is 27.4. The van der Waals surface area contributed by atoms with E-state index in [1.165, 1.54) is 56.8 Å². The lowest BCUT2D eigenvalue weighted by molar-refractivity contribution is -0.825. The van der Waals surface area contributed by atoms with Crippen LogP contribution in [0.2, 0.25) is 0 Å². The molecule has 0 aromatic heterocycles. The van der Waals surface area contributed by atoms with Crippen LogP contribution in [0, 0.1) is 11.7 Å². The smallest absolute Gasteiger partial charge is 0.410 e. The van der Waals surface area contributed by atoms with Crippen LogP contribution in [0.3, 0.4) is 0 Å². The van der Waals surface area contributed by atoms with Crippen molar-refractivity contribution in [3.05, 3.63) is 78.1 Å². The largest absolute Gasteiger partial charge is 0.483 e. The molecule has 1 unspecified atom stereocenters. The van der Waals surface area contributed by atoms with Crippen LogP contribution in [0.15, 0.2) is 61.2 Å². The Balaban J connectivity index is 0.000000225. The molecule has 2 aromatic rings.